The van der Waals surface area contributed by atoms with Crippen LogP contribution in [0.1, 0.15) is 27.2 Å². The van der Waals surface area contributed by atoms with Crippen molar-refractivity contribution in [3.05, 3.63) is 52.8 Å². The van der Waals surface area contributed by atoms with Gasteiger partial charge < -0.3 is 9.47 Å². The fraction of sp³-hybridized carbons (Fsp3) is 0.294. The minimum Gasteiger partial charge on any atom is -0.496 e. The second-order valence-electron chi connectivity index (χ2n) is 4.85. The Labute approximate surface area is 124 Å². The molecule has 1 heterocycles. The first-order valence-electron chi connectivity index (χ1n) is 6.73. The molecule has 2 aromatic rings. The van der Waals surface area contributed by atoms with Crippen LogP contribution in [0.2, 0.25) is 0 Å². The second-order valence-corrected chi connectivity index (χ2v) is 4.85. The van der Waals surface area contributed by atoms with Gasteiger partial charge in [-0.1, -0.05) is 12.1 Å². The zero-order chi connectivity index (χ0) is 15.4. The zero-order valence-corrected chi connectivity index (χ0v) is 12.8. The first-order valence-corrected chi connectivity index (χ1v) is 6.73. The Hall–Kier alpha value is -2.36. The number of carbonyl (C=O) groups excluding carboxylic acids is 1. The number of carbonyl (C=O) groups is 1. The van der Waals surface area contributed by atoms with Gasteiger partial charge in [0.2, 0.25) is 0 Å². The number of ether oxygens (including phenoxy) is 2. The van der Waals surface area contributed by atoms with Crippen molar-refractivity contribution in [1.29, 1.82) is 0 Å². The molecule has 0 fully saturated rings. The highest BCUT2D eigenvalue weighted by Crippen LogP contribution is 2.26. The summed E-state index contributed by atoms with van der Waals surface area (Å²) in [6.45, 7) is 3.86. The summed E-state index contributed by atoms with van der Waals surface area (Å²) in [5, 5.41) is 0. The Balaban J connectivity index is 2.32. The lowest BCUT2D eigenvalue weighted by molar-refractivity contribution is 0.0988. The molecule has 4 heteroatoms. The molecule has 21 heavy (non-hydrogen) atoms. The fourth-order valence-corrected chi connectivity index (χ4v) is 2.37. The van der Waals surface area contributed by atoms with Gasteiger partial charge in [0.05, 0.1) is 31.9 Å². The van der Waals surface area contributed by atoms with E-state index in [2.05, 4.69) is 4.98 Å². The number of ketones is 1. The van der Waals surface area contributed by atoms with Gasteiger partial charge in [-0.05, 0) is 26.0 Å². The smallest absolute Gasteiger partial charge is 0.172 e. The Morgan fingerprint density at radius 3 is 2.52 bits per heavy atom. The van der Waals surface area contributed by atoms with Crippen LogP contribution in [0.15, 0.2) is 30.5 Å². The van der Waals surface area contributed by atoms with Crippen LogP contribution < -0.4 is 9.47 Å². The standard InChI is InChI=1S/C17H19NO3/c1-11-10-18-14(12(2)17(11)21-4)9-15(19)13-7-5-6-8-16(13)20-3/h5-8,10H,9H2,1-4H3. The number of nitrogens with zero attached hydrogens (tertiary/aromatic N) is 1. The van der Waals surface area contributed by atoms with Gasteiger partial charge >= 0.3 is 0 Å². The molecule has 0 aliphatic carbocycles. The van der Waals surface area contributed by atoms with E-state index in [9.17, 15) is 4.79 Å². The average molecular weight is 285 g/mol. The van der Waals surface area contributed by atoms with E-state index in [-0.39, 0.29) is 12.2 Å². The molecule has 0 unspecified atom stereocenters. The molecule has 0 radical (unpaired) electrons. The number of pyridine rings is 1. The number of Topliss-reactive ketones (excluding diaryl/α,β-unsaturated/α-hetero) is 1. The lowest BCUT2D eigenvalue weighted by atomic mass is 10.0. The first kappa shape index (κ1) is 15.0. The van der Waals surface area contributed by atoms with E-state index in [1.807, 2.05) is 26.0 Å². The van der Waals surface area contributed by atoms with Crippen molar-refractivity contribution in [2.75, 3.05) is 14.2 Å². The number of rotatable bonds is 5. The van der Waals surface area contributed by atoms with Crippen molar-refractivity contribution in [3.8, 4) is 11.5 Å². The van der Waals surface area contributed by atoms with Gasteiger partial charge in [0.25, 0.3) is 0 Å². The van der Waals surface area contributed by atoms with Crippen LogP contribution in [0.25, 0.3) is 0 Å². The van der Waals surface area contributed by atoms with Gasteiger partial charge in [-0.3, -0.25) is 9.78 Å². The first-order chi connectivity index (χ1) is 10.1. The Morgan fingerprint density at radius 1 is 1.14 bits per heavy atom. The maximum absolute atomic E-state index is 12.5. The summed E-state index contributed by atoms with van der Waals surface area (Å²) in [5.41, 5.74) is 3.17. The largest absolute Gasteiger partial charge is 0.496 e. The summed E-state index contributed by atoms with van der Waals surface area (Å²) in [4.78, 5) is 16.8. The number of hydrogen-bond donors (Lipinski definition) is 0. The molecule has 0 bridgehead atoms. The number of methoxy groups -OCH3 is 2. The SMILES string of the molecule is COc1ccccc1C(=O)Cc1ncc(C)c(OC)c1C. The summed E-state index contributed by atoms with van der Waals surface area (Å²) in [6, 6.07) is 7.21. The molecule has 0 saturated carbocycles. The van der Waals surface area contributed by atoms with Crippen LogP contribution in [-0.4, -0.2) is 25.0 Å². The third-order valence-corrected chi connectivity index (χ3v) is 3.49. The molecule has 0 amide bonds. The summed E-state index contributed by atoms with van der Waals surface area (Å²) >= 11 is 0. The molecule has 0 atom stereocenters. The number of para-hydroxylation sites is 1. The zero-order valence-electron chi connectivity index (χ0n) is 12.8. The number of aryl methyl sites for hydroxylation is 1. The van der Waals surface area contributed by atoms with Crippen molar-refractivity contribution in [1.82, 2.24) is 4.98 Å². The van der Waals surface area contributed by atoms with Gasteiger partial charge in [-0.2, -0.15) is 0 Å². The third kappa shape index (κ3) is 3.05. The molecule has 2 rings (SSSR count). The molecule has 110 valence electrons. The van der Waals surface area contributed by atoms with Crippen LogP contribution in [0.5, 0.6) is 11.5 Å². The molecular formula is C17H19NO3. The van der Waals surface area contributed by atoms with Gasteiger partial charge in [-0.15, -0.1) is 0 Å². The minimum absolute atomic E-state index is 0.0195. The van der Waals surface area contributed by atoms with Crippen LogP contribution in [-0.2, 0) is 6.42 Å². The number of benzene rings is 1. The molecule has 0 aliphatic rings. The van der Waals surface area contributed by atoms with Gasteiger partial charge in [0, 0.05) is 17.3 Å². The second kappa shape index (κ2) is 6.39. The summed E-state index contributed by atoms with van der Waals surface area (Å²) < 4.78 is 10.6. The monoisotopic (exact) mass is 285 g/mol. The highest BCUT2D eigenvalue weighted by Gasteiger charge is 2.16. The average Bonchev–Trinajstić information content (AvgIpc) is 2.50. The number of hydrogen-bond acceptors (Lipinski definition) is 4. The van der Waals surface area contributed by atoms with Crippen LogP contribution in [0.4, 0.5) is 0 Å². The van der Waals surface area contributed by atoms with Crippen molar-refractivity contribution in [2.24, 2.45) is 0 Å². The Kier molecular flexibility index (Phi) is 4.58. The van der Waals surface area contributed by atoms with Crippen LogP contribution >= 0.6 is 0 Å². The van der Waals surface area contributed by atoms with Crippen LogP contribution in [0.3, 0.4) is 0 Å². The molecule has 1 aromatic heterocycles. The van der Waals surface area contributed by atoms with E-state index >= 15 is 0 Å². The summed E-state index contributed by atoms with van der Waals surface area (Å²) in [7, 11) is 3.19. The van der Waals surface area contributed by atoms with Gasteiger partial charge in [-0.25, -0.2) is 0 Å². The molecular weight excluding hydrogens is 266 g/mol. The molecule has 0 N–H and O–H groups in total. The maximum atomic E-state index is 12.5. The van der Waals surface area contributed by atoms with E-state index in [0.29, 0.717) is 11.3 Å². The van der Waals surface area contributed by atoms with Gasteiger partial charge in [0.15, 0.2) is 5.78 Å². The van der Waals surface area contributed by atoms with Gasteiger partial charge in [0.1, 0.15) is 11.5 Å². The third-order valence-electron chi connectivity index (χ3n) is 3.49. The van der Waals surface area contributed by atoms with Crippen molar-refractivity contribution < 1.29 is 14.3 Å². The quantitative estimate of drug-likeness (QED) is 0.792. The van der Waals surface area contributed by atoms with E-state index in [4.69, 9.17) is 9.47 Å². The molecule has 0 spiro atoms. The van der Waals surface area contributed by atoms with Crippen molar-refractivity contribution in [3.63, 3.8) is 0 Å². The van der Waals surface area contributed by atoms with E-state index < -0.39 is 0 Å². The topological polar surface area (TPSA) is 48.4 Å². The molecule has 4 nitrogen and oxygen atoms in total. The number of aromatic nitrogens is 1. The van der Waals surface area contributed by atoms with E-state index in [1.54, 1.807) is 32.5 Å². The predicted octanol–water partition coefficient (Wildman–Crippen LogP) is 3.14. The van der Waals surface area contributed by atoms with E-state index in [1.165, 1.54) is 0 Å². The highest BCUT2D eigenvalue weighted by molar-refractivity contribution is 5.99. The lowest BCUT2D eigenvalue weighted by Crippen LogP contribution is -2.09. The fourth-order valence-electron chi connectivity index (χ4n) is 2.37. The van der Waals surface area contributed by atoms with Crippen molar-refractivity contribution in [2.45, 2.75) is 20.3 Å². The summed E-state index contributed by atoms with van der Waals surface area (Å²) in [5.74, 6) is 1.35. The Bertz CT molecular complexity index is 665. The predicted molar refractivity (Wildman–Crippen MR) is 81.3 cm³/mol. The van der Waals surface area contributed by atoms with Crippen LogP contribution in [0, 0.1) is 13.8 Å². The lowest BCUT2D eigenvalue weighted by Gasteiger charge is -2.12. The Morgan fingerprint density at radius 2 is 1.86 bits per heavy atom. The minimum atomic E-state index is -0.0195. The van der Waals surface area contributed by atoms with Crippen molar-refractivity contribution >= 4 is 5.78 Å². The normalized spacial score (nSPS) is 10.3. The van der Waals surface area contributed by atoms with E-state index in [0.717, 1.165) is 22.6 Å². The molecule has 1 aromatic carbocycles. The molecule has 0 aliphatic heterocycles. The highest BCUT2D eigenvalue weighted by atomic mass is 16.5. The maximum Gasteiger partial charge on any atom is 0.172 e. The molecule has 0 saturated heterocycles. The summed E-state index contributed by atoms with van der Waals surface area (Å²) in [6.07, 6.45) is 1.96.